The highest BCUT2D eigenvalue weighted by atomic mass is 16.7. The van der Waals surface area contributed by atoms with Crippen LogP contribution in [0.4, 0.5) is 0 Å². The summed E-state index contributed by atoms with van der Waals surface area (Å²) in [6.45, 7) is 3.44. The molecular weight excluding hydrogens is 244 g/mol. The summed E-state index contributed by atoms with van der Waals surface area (Å²) in [5.74, 6) is -1.44. The molecule has 0 radical (unpaired) electrons. The summed E-state index contributed by atoms with van der Waals surface area (Å²) >= 11 is 0. The molecule has 0 unspecified atom stereocenters. The molecule has 0 bridgehead atoms. The van der Waals surface area contributed by atoms with Crippen LogP contribution in [0.15, 0.2) is 30.3 Å². The molecule has 0 heterocycles. The van der Waals surface area contributed by atoms with E-state index in [2.05, 4.69) is 0 Å². The summed E-state index contributed by atoms with van der Waals surface area (Å²) in [7, 11) is 2.98. The molecule has 0 spiro atoms. The number of rotatable bonds is 7. The maximum absolute atomic E-state index is 12.2. The Bertz CT molecular complexity index is 433. The van der Waals surface area contributed by atoms with Gasteiger partial charge in [-0.2, -0.15) is 0 Å². The fourth-order valence-corrected chi connectivity index (χ4v) is 2.36. The lowest BCUT2D eigenvalue weighted by molar-refractivity contribution is -0.271. The third-order valence-corrected chi connectivity index (χ3v) is 3.52. The molecule has 1 rings (SSSR count). The van der Waals surface area contributed by atoms with Crippen molar-refractivity contribution in [2.24, 2.45) is 5.41 Å². The van der Waals surface area contributed by atoms with Crippen LogP contribution in [0.25, 0.3) is 0 Å². The van der Waals surface area contributed by atoms with Crippen LogP contribution in [0.3, 0.4) is 0 Å². The first-order valence-electron chi connectivity index (χ1n) is 6.09. The summed E-state index contributed by atoms with van der Waals surface area (Å²) in [5.41, 5.74) is -0.247. The summed E-state index contributed by atoms with van der Waals surface area (Å²) in [6, 6.07) is 9.25. The Balaban J connectivity index is 3.34. The van der Waals surface area contributed by atoms with Gasteiger partial charge in [0.2, 0.25) is 5.79 Å². The monoisotopic (exact) mass is 264 g/mol. The van der Waals surface area contributed by atoms with Crippen LogP contribution < -0.4 is 0 Å². The normalized spacial score (nSPS) is 12.2. The molecule has 0 amide bonds. The Labute approximate surface area is 113 Å². The highest BCUT2D eigenvalue weighted by Gasteiger charge is 2.51. The van der Waals surface area contributed by atoms with E-state index in [1.807, 2.05) is 30.3 Å². The van der Waals surface area contributed by atoms with E-state index in [9.17, 15) is 9.59 Å². The van der Waals surface area contributed by atoms with Crippen LogP contribution in [0.1, 0.15) is 25.8 Å². The Morgan fingerprint density at radius 2 is 1.68 bits per heavy atom. The number of benzene rings is 1. The van der Waals surface area contributed by atoms with Gasteiger partial charge in [-0.05, 0) is 13.8 Å². The number of hydrogen-bond donors (Lipinski definition) is 0. The van der Waals surface area contributed by atoms with Crippen LogP contribution in [0, 0.1) is 5.41 Å². The molecule has 0 N–H and O–H groups in total. The summed E-state index contributed by atoms with van der Waals surface area (Å²) < 4.78 is 11.1. The predicted octanol–water partition coefficient (Wildman–Crippen LogP) is 2.32. The number of ether oxygens (including phenoxy) is 2. The number of hydrogen-bond acceptors (Lipinski definition) is 4. The average molecular weight is 264 g/mol. The van der Waals surface area contributed by atoms with Crippen molar-refractivity contribution in [2.75, 3.05) is 14.2 Å². The van der Waals surface area contributed by atoms with E-state index >= 15 is 0 Å². The van der Waals surface area contributed by atoms with Crippen LogP contribution >= 0.6 is 0 Å². The fraction of sp³-hybridized carbons (Fsp3) is 0.467. The Kier molecular flexibility index (Phi) is 4.97. The second kappa shape index (κ2) is 6.08. The van der Waals surface area contributed by atoms with Gasteiger partial charge < -0.3 is 14.3 Å². The maximum Gasteiger partial charge on any atom is 0.206 e. The zero-order chi connectivity index (χ0) is 14.5. The number of carbonyl (C=O) groups excluding carboxylic acids is 2. The fourth-order valence-electron chi connectivity index (χ4n) is 2.36. The molecule has 19 heavy (non-hydrogen) atoms. The van der Waals surface area contributed by atoms with Gasteiger partial charge in [0.05, 0.1) is 11.8 Å². The van der Waals surface area contributed by atoms with Gasteiger partial charge in [-0.15, -0.1) is 0 Å². The third-order valence-electron chi connectivity index (χ3n) is 3.52. The minimum Gasteiger partial charge on any atom is -0.348 e. The molecule has 0 aliphatic carbocycles. The Morgan fingerprint density at radius 1 is 1.16 bits per heavy atom. The van der Waals surface area contributed by atoms with Crippen molar-refractivity contribution in [3.8, 4) is 0 Å². The van der Waals surface area contributed by atoms with Crippen LogP contribution in [-0.4, -0.2) is 26.3 Å². The van der Waals surface area contributed by atoms with Gasteiger partial charge in [0.1, 0.15) is 6.29 Å². The van der Waals surface area contributed by atoms with Gasteiger partial charge in [-0.1, -0.05) is 30.3 Å². The van der Waals surface area contributed by atoms with Gasteiger partial charge in [-0.3, -0.25) is 4.79 Å². The first-order valence-corrected chi connectivity index (χ1v) is 6.09. The molecule has 0 aromatic heterocycles. The van der Waals surface area contributed by atoms with Crippen molar-refractivity contribution < 1.29 is 19.1 Å². The quantitative estimate of drug-likeness (QED) is 0.431. The Morgan fingerprint density at radius 3 is 2.11 bits per heavy atom. The lowest BCUT2D eigenvalue weighted by Crippen LogP contribution is -2.50. The topological polar surface area (TPSA) is 52.6 Å². The molecule has 104 valence electrons. The molecule has 0 saturated carbocycles. The smallest absolute Gasteiger partial charge is 0.206 e. The van der Waals surface area contributed by atoms with Crippen molar-refractivity contribution >= 4 is 12.1 Å². The molecular formula is C15H20O4. The highest BCUT2D eigenvalue weighted by Crippen LogP contribution is 2.44. The van der Waals surface area contributed by atoms with Gasteiger partial charge in [0, 0.05) is 19.8 Å². The van der Waals surface area contributed by atoms with E-state index < -0.39 is 11.2 Å². The van der Waals surface area contributed by atoms with Crippen LogP contribution in [0.2, 0.25) is 0 Å². The van der Waals surface area contributed by atoms with Crippen molar-refractivity contribution in [3.05, 3.63) is 35.9 Å². The molecule has 1 aromatic carbocycles. The predicted molar refractivity (Wildman–Crippen MR) is 71.6 cm³/mol. The molecule has 1 aromatic rings. The molecule has 4 heteroatoms. The lowest BCUT2D eigenvalue weighted by Gasteiger charge is -2.43. The zero-order valence-electron chi connectivity index (χ0n) is 11.8. The second-order valence-corrected chi connectivity index (χ2v) is 4.81. The van der Waals surface area contributed by atoms with E-state index in [0.717, 1.165) is 5.56 Å². The van der Waals surface area contributed by atoms with Crippen molar-refractivity contribution in [3.63, 3.8) is 0 Å². The molecule has 0 aliphatic rings. The first kappa shape index (κ1) is 15.5. The maximum atomic E-state index is 12.2. The third kappa shape index (κ3) is 2.60. The van der Waals surface area contributed by atoms with Crippen molar-refractivity contribution in [1.82, 2.24) is 0 Å². The minimum atomic E-state index is -1.21. The number of aldehydes is 1. The van der Waals surface area contributed by atoms with Gasteiger partial charge in [0.15, 0.2) is 5.78 Å². The van der Waals surface area contributed by atoms with E-state index in [-0.39, 0.29) is 12.2 Å². The van der Waals surface area contributed by atoms with Crippen molar-refractivity contribution in [1.29, 1.82) is 0 Å². The van der Waals surface area contributed by atoms with Gasteiger partial charge in [-0.25, -0.2) is 0 Å². The molecule has 0 saturated heterocycles. The molecule has 0 fully saturated rings. The van der Waals surface area contributed by atoms with Crippen LogP contribution in [-0.2, 0) is 24.8 Å². The number of ketones is 1. The van der Waals surface area contributed by atoms with Crippen LogP contribution in [0.5, 0.6) is 0 Å². The standard InChI is InChI=1S/C15H20O4/c1-14(2,13(17)10-11-16)15(18-3,19-4)12-8-6-5-7-9-12/h5-9,11H,10H2,1-4H3. The second-order valence-electron chi connectivity index (χ2n) is 4.81. The highest BCUT2D eigenvalue weighted by molar-refractivity contribution is 5.94. The Hall–Kier alpha value is -1.52. The van der Waals surface area contributed by atoms with E-state index in [0.29, 0.717) is 6.29 Å². The lowest BCUT2D eigenvalue weighted by atomic mass is 9.74. The number of methoxy groups -OCH3 is 2. The first-order chi connectivity index (χ1) is 8.96. The molecule has 4 nitrogen and oxygen atoms in total. The molecule has 0 atom stereocenters. The summed E-state index contributed by atoms with van der Waals surface area (Å²) in [5, 5.41) is 0. The largest absolute Gasteiger partial charge is 0.348 e. The van der Waals surface area contributed by atoms with Gasteiger partial charge >= 0.3 is 0 Å². The summed E-state index contributed by atoms with van der Waals surface area (Å²) in [6.07, 6.45) is 0.444. The average Bonchev–Trinajstić information content (AvgIpc) is 2.42. The number of Topliss-reactive ketones (excluding diaryl/α,β-unsaturated/α-hetero) is 1. The minimum absolute atomic E-state index is 0.158. The summed E-state index contributed by atoms with van der Waals surface area (Å²) in [4.78, 5) is 22.8. The number of carbonyl (C=O) groups is 2. The SMILES string of the molecule is COC(OC)(c1ccccc1)C(C)(C)C(=O)CC=O. The zero-order valence-corrected chi connectivity index (χ0v) is 11.8. The van der Waals surface area contributed by atoms with E-state index in [1.54, 1.807) is 13.8 Å². The van der Waals surface area contributed by atoms with Gasteiger partial charge in [0.25, 0.3) is 0 Å². The molecule has 0 aliphatic heterocycles. The van der Waals surface area contributed by atoms with Crippen molar-refractivity contribution in [2.45, 2.75) is 26.1 Å². The van der Waals surface area contributed by atoms with E-state index in [1.165, 1.54) is 14.2 Å². The van der Waals surface area contributed by atoms with E-state index in [4.69, 9.17) is 9.47 Å².